The zero-order valence-corrected chi connectivity index (χ0v) is 19.4. The lowest BCUT2D eigenvalue weighted by molar-refractivity contribution is -0.134. The van der Waals surface area contributed by atoms with Gasteiger partial charge in [0.1, 0.15) is 17.0 Å². The van der Waals surface area contributed by atoms with Gasteiger partial charge >= 0.3 is 0 Å². The summed E-state index contributed by atoms with van der Waals surface area (Å²) in [5.41, 5.74) is 1.64. The number of rotatable bonds is 2. The number of fused-ring (bicyclic) bond motifs is 5. The van der Waals surface area contributed by atoms with Gasteiger partial charge in [-0.15, -0.1) is 5.10 Å². The molecule has 6 heteroatoms. The lowest BCUT2D eigenvalue weighted by Gasteiger charge is -2.57. The molecule has 2 N–H and O–H groups in total. The molecule has 0 bridgehead atoms. The minimum absolute atomic E-state index is 0.211. The van der Waals surface area contributed by atoms with Gasteiger partial charge in [-0.2, -0.15) is 0 Å². The summed E-state index contributed by atoms with van der Waals surface area (Å²) in [7, 11) is 0. The minimum atomic E-state index is -0.990. The maximum atomic E-state index is 12.2. The molecule has 0 saturated heterocycles. The first kappa shape index (κ1) is 21.1. The molecule has 0 aliphatic heterocycles. The lowest BCUT2D eigenvalue weighted by Crippen LogP contribution is -2.53. The molecular weight excluding hydrogens is 414 g/mol. The molecule has 3 fully saturated rings. The van der Waals surface area contributed by atoms with E-state index in [1.165, 1.54) is 5.57 Å². The second-order valence-electron chi connectivity index (χ2n) is 11.3. The van der Waals surface area contributed by atoms with Crippen LogP contribution in [0.25, 0.3) is 5.69 Å². The average Bonchev–Trinajstić information content (AvgIpc) is 3.38. The molecule has 0 spiro atoms. The van der Waals surface area contributed by atoms with Crippen molar-refractivity contribution in [1.29, 1.82) is 0 Å². The van der Waals surface area contributed by atoms with Crippen molar-refractivity contribution >= 4 is 5.78 Å². The van der Waals surface area contributed by atoms with Crippen LogP contribution in [0.3, 0.4) is 0 Å². The van der Waals surface area contributed by atoms with Crippen LogP contribution in [0.1, 0.15) is 64.5 Å². The normalized spacial score (nSPS) is 40.0. The van der Waals surface area contributed by atoms with E-state index in [4.69, 9.17) is 0 Å². The van der Waals surface area contributed by atoms with Gasteiger partial charge in [0, 0.05) is 11.8 Å². The van der Waals surface area contributed by atoms with Crippen molar-refractivity contribution in [3.63, 3.8) is 0 Å². The van der Waals surface area contributed by atoms with E-state index in [0.717, 1.165) is 37.8 Å². The maximum absolute atomic E-state index is 12.2. The number of phenols is 1. The van der Waals surface area contributed by atoms with Crippen LogP contribution >= 0.6 is 0 Å². The van der Waals surface area contributed by atoms with E-state index in [0.29, 0.717) is 53.9 Å². The quantitative estimate of drug-likeness (QED) is 0.705. The fourth-order valence-electron chi connectivity index (χ4n) is 8.21. The fourth-order valence-corrected chi connectivity index (χ4v) is 8.21. The second kappa shape index (κ2) is 7.26. The average molecular weight is 448 g/mol. The summed E-state index contributed by atoms with van der Waals surface area (Å²) in [6.07, 6.45) is 10.4. The second-order valence-corrected chi connectivity index (χ2v) is 11.3. The number of phenolic OH excluding ortho intramolecular Hbond substituents is 1. The fraction of sp³-hybridized carbons (Fsp3) is 0.593. The third-order valence-corrected chi connectivity index (χ3v) is 9.82. The number of aromatic hydroxyl groups is 1. The van der Waals surface area contributed by atoms with E-state index in [1.54, 1.807) is 28.9 Å². The number of carbonyl (C=O) groups excluding carboxylic acids is 1. The maximum Gasteiger partial charge on any atom is 0.155 e. The third-order valence-electron chi connectivity index (χ3n) is 9.82. The molecule has 33 heavy (non-hydrogen) atoms. The van der Waals surface area contributed by atoms with Gasteiger partial charge in [-0.25, -0.2) is 4.68 Å². The van der Waals surface area contributed by atoms with Crippen LogP contribution in [-0.4, -0.2) is 31.0 Å². The number of benzene rings is 1. The summed E-state index contributed by atoms with van der Waals surface area (Å²) in [5, 5.41) is 30.5. The van der Waals surface area contributed by atoms with Gasteiger partial charge in [0.05, 0.1) is 11.9 Å². The molecule has 0 radical (unpaired) electrons. The van der Waals surface area contributed by atoms with Gasteiger partial charge in [-0.1, -0.05) is 24.6 Å². The molecule has 7 atom stereocenters. The van der Waals surface area contributed by atoms with Gasteiger partial charge in [0.15, 0.2) is 5.78 Å². The summed E-state index contributed by atoms with van der Waals surface area (Å²) >= 11 is 0. The van der Waals surface area contributed by atoms with E-state index in [2.05, 4.69) is 24.2 Å². The Morgan fingerprint density at radius 1 is 1.12 bits per heavy atom. The van der Waals surface area contributed by atoms with Crippen LogP contribution in [0.15, 0.2) is 42.1 Å². The molecule has 174 valence electrons. The molecular formula is C27H33N3O3. The smallest absolute Gasteiger partial charge is 0.155 e. The van der Waals surface area contributed by atoms with Crippen LogP contribution < -0.4 is 0 Å². The first-order valence-corrected chi connectivity index (χ1v) is 12.5. The monoisotopic (exact) mass is 447 g/mol. The first-order chi connectivity index (χ1) is 15.8. The van der Waals surface area contributed by atoms with Crippen molar-refractivity contribution in [2.75, 3.05) is 0 Å². The third kappa shape index (κ3) is 2.99. The number of hydrogen-bond acceptors (Lipinski definition) is 5. The Kier molecular flexibility index (Phi) is 4.64. The Bertz CT molecular complexity index is 1120. The topological polar surface area (TPSA) is 88.2 Å². The minimum Gasteiger partial charge on any atom is -0.508 e. The highest BCUT2D eigenvalue weighted by Gasteiger charge is 2.64. The predicted octanol–water partition coefficient (Wildman–Crippen LogP) is 4.55. The molecule has 1 aromatic heterocycles. The van der Waals surface area contributed by atoms with Crippen molar-refractivity contribution in [3.8, 4) is 11.4 Å². The summed E-state index contributed by atoms with van der Waals surface area (Å²) < 4.78 is 1.69. The van der Waals surface area contributed by atoms with E-state index in [-0.39, 0.29) is 11.2 Å². The highest BCUT2D eigenvalue weighted by molar-refractivity contribution is 5.91. The lowest BCUT2D eigenvalue weighted by atomic mass is 9.48. The molecule has 1 heterocycles. The van der Waals surface area contributed by atoms with Crippen LogP contribution in [0.4, 0.5) is 0 Å². The predicted molar refractivity (Wildman–Crippen MR) is 124 cm³/mol. The largest absolute Gasteiger partial charge is 0.508 e. The van der Waals surface area contributed by atoms with Gasteiger partial charge < -0.3 is 10.2 Å². The van der Waals surface area contributed by atoms with Gasteiger partial charge in [0.2, 0.25) is 0 Å². The van der Waals surface area contributed by atoms with Crippen LogP contribution in [0.2, 0.25) is 0 Å². The van der Waals surface area contributed by atoms with Crippen LogP contribution in [-0.2, 0) is 10.4 Å². The summed E-state index contributed by atoms with van der Waals surface area (Å²) in [4.78, 5) is 12.0. The SMILES string of the molecule is C[C@@H]1CC2=CC(=O)CCC2C2CC[C@@]3(C)C(CC[C@@]3(O)c3cn(-c4ccc(O)cc4)nn3)C21. The molecule has 6 rings (SSSR count). The summed E-state index contributed by atoms with van der Waals surface area (Å²) in [6.45, 7) is 4.64. The van der Waals surface area contributed by atoms with Crippen molar-refractivity contribution < 1.29 is 15.0 Å². The van der Waals surface area contributed by atoms with Crippen molar-refractivity contribution in [1.82, 2.24) is 15.0 Å². The first-order valence-electron chi connectivity index (χ1n) is 12.5. The molecule has 4 aliphatic carbocycles. The number of nitrogens with zero attached hydrogens (tertiary/aromatic N) is 3. The van der Waals surface area contributed by atoms with Crippen molar-refractivity contribution in [3.05, 3.63) is 47.8 Å². The standard InChI is InChI=1S/C27H33N3O3/c1-16-13-17-14-20(32)7-8-21(17)22-9-11-26(2)23(25(16)22)10-12-27(26,33)24-15-30(29-28-24)18-3-5-19(31)6-4-18/h3-6,14-16,21-23,25,31,33H,7-13H2,1-2H3/t16-,21?,22?,23?,25?,26+,27-/m1/s1. The Morgan fingerprint density at radius 2 is 1.91 bits per heavy atom. The van der Waals surface area contributed by atoms with Crippen LogP contribution in [0, 0.1) is 35.0 Å². The molecule has 4 aliphatic rings. The van der Waals surface area contributed by atoms with Crippen molar-refractivity contribution in [2.45, 2.75) is 64.4 Å². The molecule has 3 saturated carbocycles. The zero-order valence-electron chi connectivity index (χ0n) is 19.4. The Labute approximate surface area is 194 Å². The number of aliphatic hydroxyl groups is 1. The van der Waals surface area contributed by atoms with E-state index in [9.17, 15) is 15.0 Å². The Hall–Kier alpha value is -2.47. The molecule has 1 aromatic carbocycles. The van der Waals surface area contributed by atoms with E-state index < -0.39 is 5.60 Å². The number of allylic oxidation sites excluding steroid dienone is 1. The highest BCUT2D eigenvalue weighted by atomic mass is 16.3. The highest BCUT2D eigenvalue weighted by Crippen LogP contribution is 2.68. The Balaban J connectivity index is 1.32. The van der Waals surface area contributed by atoms with E-state index in [1.807, 2.05) is 12.3 Å². The summed E-state index contributed by atoms with van der Waals surface area (Å²) in [6, 6.07) is 6.86. The number of aromatic nitrogens is 3. The van der Waals surface area contributed by atoms with Gasteiger partial charge in [-0.3, -0.25) is 4.79 Å². The molecule has 0 amide bonds. The molecule has 4 unspecified atom stereocenters. The summed E-state index contributed by atoms with van der Waals surface area (Å²) in [5.74, 6) is 3.26. The van der Waals surface area contributed by atoms with E-state index >= 15 is 0 Å². The number of hydrogen-bond donors (Lipinski definition) is 2. The Morgan fingerprint density at radius 3 is 2.70 bits per heavy atom. The number of carbonyl (C=O) groups is 1. The zero-order chi connectivity index (χ0) is 23.0. The molecule has 2 aromatic rings. The van der Waals surface area contributed by atoms with Gasteiger partial charge in [-0.05, 0) is 98.5 Å². The van der Waals surface area contributed by atoms with Gasteiger partial charge in [0.25, 0.3) is 0 Å². The van der Waals surface area contributed by atoms with Crippen LogP contribution in [0.5, 0.6) is 5.75 Å². The molecule has 6 nitrogen and oxygen atoms in total. The number of ketones is 1. The van der Waals surface area contributed by atoms with Crippen molar-refractivity contribution in [2.24, 2.45) is 35.0 Å².